The number of fused-ring (bicyclic) bond motifs is 2. The molecule has 1 amide bonds. The standard InChI is InChI=1S/C19H24F3NO/c1-17(2)13-7-8-18(17,3)15(11-13)23-16(24)10-12-5-4-6-14(9-12)19(20,21)22/h4-6,9,13,15H,7-8,10-11H2,1-3H3,(H,23,24). The van der Waals surface area contributed by atoms with Crippen molar-refractivity contribution in [2.45, 2.75) is 58.7 Å². The van der Waals surface area contributed by atoms with Crippen LogP contribution >= 0.6 is 0 Å². The molecule has 3 atom stereocenters. The molecule has 1 aromatic carbocycles. The lowest BCUT2D eigenvalue weighted by atomic mass is 9.69. The predicted molar refractivity (Wildman–Crippen MR) is 86.3 cm³/mol. The van der Waals surface area contributed by atoms with Gasteiger partial charge in [-0.05, 0) is 47.6 Å². The molecule has 24 heavy (non-hydrogen) atoms. The lowest BCUT2D eigenvalue weighted by molar-refractivity contribution is -0.137. The van der Waals surface area contributed by atoms with E-state index in [9.17, 15) is 18.0 Å². The summed E-state index contributed by atoms with van der Waals surface area (Å²) in [5.41, 5.74) is -0.0434. The van der Waals surface area contributed by atoms with Gasteiger partial charge in [-0.3, -0.25) is 4.79 Å². The zero-order chi connectivity index (χ0) is 17.8. The number of carbonyl (C=O) groups is 1. The van der Waals surface area contributed by atoms with Gasteiger partial charge in [0.05, 0.1) is 12.0 Å². The van der Waals surface area contributed by atoms with E-state index >= 15 is 0 Å². The number of hydrogen-bond acceptors (Lipinski definition) is 1. The second-order valence-electron chi connectivity index (χ2n) is 8.11. The smallest absolute Gasteiger partial charge is 0.353 e. The Morgan fingerprint density at radius 1 is 1.29 bits per heavy atom. The Morgan fingerprint density at radius 2 is 2.00 bits per heavy atom. The van der Waals surface area contributed by atoms with E-state index in [4.69, 9.17) is 0 Å². The molecule has 0 spiro atoms. The second-order valence-corrected chi connectivity index (χ2v) is 8.11. The number of amides is 1. The Kier molecular flexibility index (Phi) is 3.97. The molecule has 0 aromatic heterocycles. The van der Waals surface area contributed by atoms with Crippen molar-refractivity contribution < 1.29 is 18.0 Å². The van der Waals surface area contributed by atoms with Gasteiger partial charge in [0.25, 0.3) is 0 Å². The minimum atomic E-state index is -4.38. The molecular weight excluding hydrogens is 315 g/mol. The van der Waals surface area contributed by atoms with E-state index in [2.05, 4.69) is 26.1 Å². The van der Waals surface area contributed by atoms with Crippen LogP contribution in [0.2, 0.25) is 0 Å². The molecule has 3 rings (SSSR count). The van der Waals surface area contributed by atoms with Gasteiger partial charge in [0.2, 0.25) is 5.91 Å². The van der Waals surface area contributed by atoms with Crippen LogP contribution in [-0.2, 0) is 17.4 Å². The number of carbonyl (C=O) groups excluding carboxylic acids is 1. The van der Waals surface area contributed by atoms with Crippen LogP contribution in [-0.4, -0.2) is 11.9 Å². The van der Waals surface area contributed by atoms with Crippen LogP contribution in [0.25, 0.3) is 0 Å². The predicted octanol–water partition coefficient (Wildman–Crippen LogP) is 4.58. The van der Waals surface area contributed by atoms with Gasteiger partial charge in [-0.1, -0.05) is 39.0 Å². The van der Waals surface area contributed by atoms with Crippen molar-refractivity contribution in [3.05, 3.63) is 35.4 Å². The van der Waals surface area contributed by atoms with Crippen molar-refractivity contribution in [2.75, 3.05) is 0 Å². The summed E-state index contributed by atoms with van der Waals surface area (Å²) in [6, 6.07) is 5.13. The third kappa shape index (κ3) is 2.72. The van der Waals surface area contributed by atoms with E-state index in [0.717, 1.165) is 25.0 Å². The number of alkyl halides is 3. The lowest BCUT2D eigenvalue weighted by Crippen LogP contribution is -2.47. The molecule has 2 fully saturated rings. The number of nitrogens with one attached hydrogen (secondary N) is 1. The highest BCUT2D eigenvalue weighted by atomic mass is 19.4. The topological polar surface area (TPSA) is 29.1 Å². The zero-order valence-electron chi connectivity index (χ0n) is 14.3. The summed E-state index contributed by atoms with van der Waals surface area (Å²) in [5, 5.41) is 3.09. The van der Waals surface area contributed by atoms with E-state index < -0.39 is 11.7 Å². The third-order valence-electron chi connectivity index (χ3n) is 6.75. The van der Waals surface area contributed by atoms with Crippen molar-refractivity contribution >= 4 is 5.91 Å². The molecule has 2 aliphatic carbocycles. The quantitative estimate of drug-likeness (QED) is 0.858. The summed E-state index contributed by atoms with van der Waals surface area (Å²) in [6.07, 6.45) is -1.13. The second kappa shape index (κ2) is 5.50. The molecule has 2 aliphatic rings. The van der Waals surface area contributed by atoms with E-state index in [1.807, 2.05) is 0 Å². The maximum absolute atomic E-state index is 12.8. The number of hydrogen-bond donors (Lipinski definition) is 1. The van der Waals surface area contributed by atoms with Crippen molar-refractivity contribution in [2.24, 2.45) is 16.7 Å². The Balaban J connectivity index is 1.67. The summed E-state index contributed by atoms with van der Waals surface area (Å²) in [4.78, 5) is 12.4. The van der Waals surface area contributed by atoms with Crippen molar-refractivity contribution in [1.82, 2.24) is 5.32 Å². The van der Waals surface area contributed by atoms with Crippen molar-refractivity contribution in [3.63, 3.8) is 0 Å². The van der Waals surface area contributed by atoms with Gasteiger partial charge in [-0.2, -0.15) is 13.2 Å². The molecule has 132 valence electrons. The van der Waals surface area contributed by atoms with Crippen LogP contribution in [0, 0.1) is 16.7 Å². The van der Waals surface area contributed by atoms with Crippen molar-refractivity contribution in [1.29, 1.82) is 0 Å². The molecule has 1 N–H and O–H groups in total. The third-order valence-corrected chi connectivity index (χ3v) is 6.75. The Hall–Kier alpha value is -1.52. The first kappa shape index (κ1) is 17.3. The molecule has 0 radical (unpaired) electrons. The van der Waals surface area contributed by atoms with Crippen LogP contribution in [0.5, 0.6) is 0 Å². The first-order chi connectivity index (χ1) is 11.0. The fourth-order valence-corrected chi connectivity index (χ4v) is 4.71. The largest absolute Gasteiger partial charge is 0.416 e. The summed E-state index contributed by atoms with van der Waals surface area (Å²) in [7, 11) is 0. The number of benzene rings is 1. The molecule has 2 nitrogen and oxygen atoms in total. The first-order valence-electron chi connectivity index (χ1n) is 8.49. The number of rotatable bonds is 3. The van der Waals surface area contributed by atoms with Gasteiger partial charge in [0, 0.05) is 6.04 Å². The maximum atomic E-state index is 12.8. The minimum absolute atomic E-state index is 0.0123. The average Bonchev–Trinajstić information content (AvgIpc) is 2.80. The fraction of sp³-hybridized carbons (Fsp3) is 0.632. The van der Waals surface area contributed by atoms with Crippen LogP contribution in [0.1, 0.15) is 51.2 Å². The van der Waals surface area contributed by atoms with E-state index in [-0.39, 0.29) is 29.2 Å². The molecule has 2 bridgehead atoms. The SMILES string of the molecule is CC1(C)C2CCC1(C)C(NC(=O)Cc1cccc(C(F)(F)F)c1)C2. The van der Waals surface area contributed by atoms with Crippen LogP contribution in [0.4, 0.5) is 13.2 Å². The molecule has 1 aromatic rings. The molecule has 0 aliphatic heterocycles. The van der Waals surface area contributed by atoms with Crippen LogP contribution in [0.15, 0.2) is 24.3 Å². The first-order valence-corrected chi connectivity index (χ1v) is 8.49. The highest BCUT2D eigenvalue weighted by Crippen LogP contribution is 2.65. The maximum Gasteiger partial charge on any atom is 0.416 e. The monoisotopic (exact) mass is 339 g/mol. The van der Waals surface area contributed by atoms with Gasteiger partial charge in [0.15, 0.2) is 0 Å². The lowest BCUT2D eigenvalue weighted by Gasteiger charge is -2.39. The Labute approximate surface area is 140 Å². The van der Waals surface area contributed by atoms with Gasteiger partial charge in [-0.15, -0.1) is 0 Å². The zero-order valence-corrected chi connectivity index (χ0v) is 14.3. The molecule has 2 saturated carbocycles. The molecule has 5 heteroatoms. The number of halogens is 3. The normalized spacial score (nSPS) is 31.2. The van der Waals surface area contributed by atoms with E-state index in [0.29, 0.717) is 11.5 Å². The fourth-order valence-electron chi connectivity index (χ4n) is 4.71. The summed E-state index contributed by atoms with van der Waals surface area (Å²) in [6.45, 7) is 6.77. The highest BCUT2D eigenvalue weighted by molar-refractivity contribution is 5.79. The average molecular weight is 339 g/mol. The van der Waals surface area contributed by atoms with Crippen LogP contribution in [0.3, 0.4) is 0 Å². The summed E-state index contributed by atoms with van der Waals surface area (Å²) < 4.78 is 38.3. The summed E-state index contributed by atoms with van der Waals surface area (Å²) >= 11 is 0. The van der Waals surface area contributed by atoms with Gasteiger partial charge >= 0.3 is 6.18 Å². The highest BCUT2D eigenvalue weighted by Gasteiger charge is 2.61. The van der Waals surface area contributed by atoms with Gasteiger partial charge < -0.3 is 5.32 Å². The molecular formula is C19H24F3NO. The Morgan fingerprint density at radius 3 is 2.54 bits per heavy atom. The molecule has 0 saturated heterocycles. The van der Waals surface area contributed by atoms with Gasteiger partial charge in [-0.25, -0.2) is 0 Å². The Bertz CT molecular complexity index is 652. The minimum Gasteiger partial charge on any atom is -0.353 e. The van der Waals surface area contributed by atoms with E-state index in [1.165, 1.54) is 12.5 Å². The molecule has 3 unspecified atom stereocenters. The van der Waals surface area contributed by atoms with Crippen LogP contribution < -0.4 is 5.32 Å². The summed E-state index contributed by atoms with van der Waals surface area (Å²) in [5.74, 6) is 0.422. The van der Waals surface area contributed by atoms with Gasteiger partial charge in [0.1, 0.15) is 0 Å². The van der Waals surface area contributed by atoms with Crippen molar-refractivity contribution in [3.8, 4) is 0 Å². The van der Waals surface area contributed by atoms with E-state index in [1.54, 1.807) is 6.07 Å². The molecule has 0 heterocycles.